The average Bonchev–Trinajstić information content (AvgIpc) is 3.06. The maximum atomic E-state index is 12.6. The molecule has 1 aromatic rings. The fraction of sp³-hybridized carbons (Fsp3) is 0.529. The SMILES string of the molecule is CCN(C[C@@H]1CCCO1)C(=O)C[C@@H]1Sc2ccccc2NC1=O. The lowest BCUT2D eigenvalue weighted by molar-refractivity contribution is -0.133. The van der Waals surface area contributed by atoms with E-state index < -0.39 is 0 Å². The molecule has 0 aromatic heterocycles. The number of likely N-dealkylation sites (N-methyl/N-ethyl adjacent to an activating group) is 1. The number of nitrogens with zero attached hydrogens (tertiary/aromatic N) is 1. The number of rotatable bonds is 5. The van der Waals surface area contributed by atoms with Crippen LogP contribution in [0.1, 0.15) is 26.2 Å². The summed E-state index contributed by atoms with van der Waals surface area (Å²) in [5.74, 6) is -0.0646. The molecule has 1 fully saturated rings. The number of carbonyl (C=O) groups excluding carboxylic acids is 2. The van der Waals surface area contributed by atoms with Crippen LogP contribution in [0.2, 0.25) is 0 Å². The van der Waals surface area contributed by atoms with Gasteiger partial charge in [-0.25, -0.2) is 0 Å². The number of fused-ring (bicyclic) bond motifs is 1. The van der Waals surface area contributed by atoms with Crippen LogP contribution in [0.3, 0.4) is 0 Å². The summed E-state index contributed by atoms with van der Waals surface area (Å²) >= 11 is 1.47. The molecular weight excluding hydrogens is 312 g/mol. The van der Waals surface area contributed by atoms with Gasteiger partial charge in [-0.2, -0.15) is 0 Å². The first-order chi connectivity index (χ1) is 11.2. The van der Waals surface area contributed by atoms with Crippen LogP contribution < -0.4 is 5.32 Å². The maximum Gasteiger partial charge on any atom is 0.238 e. The van der Waals surface area contributed by atoms with Crippen LogP contribution in [0.15, 0.2) is 29.2 Å². The highest BCUT2D eigenvalue weighted by atomic mass is 32.2. The van der Waals surface area contributed by atoms with Gasteiger partial charge in [0.2, 0.25) is 11.8 Å². The predicted molar refractivity (Wildman–Crippen MR) is 90.6 cm³/mol. The summed E-state index contributed by atoms with van der Waals surface area (Å²) in [6.07, 6.45) is 2.45. The van der Waals surface area contributed by atoms with E-state index in [1.165, 1.54) is 11.8 Å². The third-order valence-electron chi connectivity index (χ3n) is 4.25. The number of nitrogens with one attached hydrogen (secondary N) is 1. The van der Waals surface area contributed by atoms with Gasteiger partial charge < -0.3 is 15.0 Å². The molecular formula is C17H22N2O3S. The summed E-state index contributed by atoms with van der Waals surface area (Å²) in [5.41, 5.74) is 0.831. The molecule has 5 nitrogen and oxygen atoms in total. The first-order valence-electron chi connectivity index (χ1n) is 8.13. The maximum absolute atomic E-state index is 12.6. The van der Waals surface area contributed by atoms with E-state index >= 15 is 0 Å². The van der Waals surface area contributed by atoms with Crippen molar-refractivity contribution >= 4 is 29.3 Å². The fourth-order valence-electron chi connectivity index (χ4n) is 2.96. The highest BCUT2D eigenvalue weighted by Gasteiger charge is 2.31. The van der Waals surface area contributed by atoms with Crippen LogP contribution in [0.25, 0.3) is 0 Å². The van der Waals surface area contributed by atoms with Crippen molar-refractivity contribution in [3.05, 3.63) is 24.3 Å². The Morgan fingerprint density at radius 2 is 2.26 bits per heavy atom. The van der Waals surface area contributed by atoms with Crippen molar-refractivity contribution in [2.24, 2.45) is 0 Å². The molecule has 6 heteroatoms. The van der Waals surface area contributed by atoms with Gasteiger partial charge in [0.1, 0.15) is 0 Å². The van der Waals surface area contributed by atoms with Crippen LogP contribution in [0.5, 0.6) is 0 Å². The summed E-state index contributed by atoms with van der Waals surface area (Å²) in [6, 6.07) is 7.69. The standard InChI is InChI=1S/C17H22N2O3S/c1-2-19(11-12-6-5-9-22-12)16(20)10-15-17(21)18-13-7-3-4-8-14(13)23-15/h3-4,7-8,12,15H,2,5-6,9-11H2,1H3,(H,18,21)/t12-,15-/m0/s1. The average molecular weight is 334 g/mol. The van der Waals surface area contributed by atoms with E-state index in [2.05, 4.69) is 5.32 Å². The number of ether oxygens (including phenoxy) is 1. The van der Waals surface area contributed by atoms with Crippen LogP contribution in [0.4, 0.5) is 5.69 Å². The minimum Gasteiger partial charge on any atom is -0.376 e. The summed E-state index contributed by atoms with van der Waals surface area (Å²) in [6.45, 7) is 4.03. The summed E-state index contributed by atoms with van der Waals surface area (Å²) in [7, 11) is 0. The number of benzene rings is 1. The Hall–Kier alpha value is -1.53. The molecule has 0 unspecified atom stereocenters. The van der Waals surface area contributed by atoms with Crippen molar-refractivity contribution in [2.75, 3.05) is 25.0 Å². The lowest BCUT2D eigenvalue weighted by atomic mass is 10.2. The Morgan fingerprint density at radius 1 is 1.43 bits per heavy atom. The lowest BCUT2D eigenvalue weighted by Crippen LogP contribution is -2.40. The Labute approximate surface area is 140 Å². The van der Waals surface area contributed by atoms with E-state index in [0.29, 0.717) is 13.1 Å². The van der Waals surface area contributed by atoms with E-state index in [4.69, 9.17) is 4.74 Å². The van der Waals surface area contributed by atoms with Crippen molar-refractivity contribution < 1.29 is 14.3 Å². The smallest absolute Gasteiger partial charge is 0.238 e. The van der Waals surface area contributed by atoms with Crippen LogP contribution in [0, 0.1) is 0 Å². The monoisotopic (exact) mass is 334 g/mol. The van der Waals surface area contributed by atoms with Gasteiger partial charge in [-0.1, -0.05) is 12.1 Å². The van der Waals surface area contributed by atoms with Gasteiger partial charge in [-0.05, 0) is 31.9 Å². The van der Waals surface area contributed by atoms with Crippen LogP contribution in [-0.4, -0.2) is 47.8 Å². The highest BCUT2D eigenvalue weighted by Crippen LogP contribution is 2.36. The molecule has 124 valence electrons. The molecule has 3 rings (SSSR count). The Morgan fingerprint density at radius 3 is 3.00 bits per heavy atom. The molecule has 2 amide bonds. The minimum atomic E-state index is -0.365. The van der Waals surface area contributed by atoms with Gasteiger partial charge in [0.25, 0.3) is 0 Å². The van der Waals surface area contributed by atoms with Crippen molar-refractivity contribution in [3.63, 3.8) is 0 Å². The quantitative estimate of drug-likeness (QED) is 0.899. The molecule has 0 spiro atoms. The number of hydrogen-bond acceptors (Lipinski definition) is 4. The van der Waals surface area contributed by atoms with Gasteiger partial charge >= 0.3 is 0 Å². The van der Waals surface area contributed by atoms with E-state index in [1.807, 2.05) is 36.1 Å². The topological polar surface area (TPSA) is 58.6 Å². The third kappa shape index (κ3) is 3.87. The van der Waals surface area contributed by atoms with Crippen molar-refractivity contribution in [1.82, 2.24) is 4.90 Å². The van der Waals surface area contributed by atoms with Crippen molar-refractivity contribution in [3.8, 4) is 0 Å². The fourth-order valence-corrected chi connectivity index (χ4v) is 4.06. The summed E-state index contributed by atoms with van der Waals surface area (Å²) < 4.78 is 5.61. The highest BCUT2D eigenvalue weighted by molar-refractivity contribution is 8.01. The molecule has 1 saturated heterocycles. The number of hydrogen-bond donors (Lipinski definition) is 1. The molecule has 0 aliphatic carbocycles. The zero-order valence-electron chi connectivity index (χ0n) is 13.3. The molecule has 2 aliphatic rings. The van der Waals surface area contributed by atoms with E-state index in [9.17, 15) is 9.59 Å². The van der Waals surface area contributed by atoms with Gasteiger partial charge in [0.05, 0.1) is 17.0 Å². The first-order valence-corrected chi connectivity index (χ1v) is 9.01. The second-order valence-corrected chi connectivity index (χ2v) is 7.11. The number of amides is 2. The largest absolute Gasteiger partial charge is 0.376 e. The van der Waals surface area contributed by atoms with Gasteiger partial charge in [-0.15, -0.1) is 11.8 Å². The zero-order chi connectivity index (χ0) is 16.2. The molecule has 1 N–H and O–H groups in total. The molecule has 0 bridgehead atoms. The van der Waals surface area contributed by atoms with Crippen molar-refractivity contribution in [2.45, 2.75) is 42.4 Å². The number of carbonyl (C=O) groups is 2. The molecule has 2 aliphatic heterocycles. The minimum absolute atomic E-state index is 0.0232. The van der Waals surface area contributed by atoms with E-state index in [0.717, 1.165) is 30.0 Å². The normalized spacial score (nSPS) is 23.3. The second kappa shape index (κ2) is 7.36. The summed E-state index contributed by atoms with van der Waals surface area (Å²) in [4.78, 5) is 27.6. The van der Waals surface area contributed by atoms with E-state index in [1.54, 1.807) is 0 Å². The van der Waals surface area contributed by atoms with E-state index in [-0.39, 0.29) is 29.6 Å². The molecule has 0 saturated carbocycles. The molecule has 2 heterocycles. The predicted octanol–water partition coefficient (Wildman–Crippen LogP) is 2.52. The third-order valence-corrected chi connectivity index (χ3v) is 5.52. The van der Waals surface area contributed by atoms with Gasteiger partial charge in [0, 0.05) is 31.0 Å². The molecule has 2 atom stereocenters. The molecule has 1 aromatic carbocycles. The first kappa shape index (κ1) is 16.3. The Bertz CT molecular complexity index is 587. The number of thioether (sulfide) groups is 1. The van der Waals surface area contributed by atoms with Gasteiger partial charge in [0.15, 0.2) is 0 Å². The number of anilines is 1. The zero-order valence-corrected chi connectivity index (χ0v) is 14.1. The van der Waals surface area contributed by atoms with Crippen LogP contribution >= 0.6 is 11.8 Å². The number of para-hydroxylation sites is 1. The van der Waals surface area contributed by atoms with Crippen molar-refractivity contribution in [1.29, 1.82) is 0 Å². The van der Waals surface area contributed by atoms with Gasteiger partial charge in [-0.3, -0.25) is 9.59 Å². The second-order valence-electron chi connectivity index (χ2n) is 5.86. The molecule has 0 radical (unpaired) electrons. The van der Waals surface area contributed by atoms with Crippen LogP contribution in [-0.2, 0) is 14.3 Å². The lowest BCUT2D eigenvalue weighted by Gasteiger charge is -2.28. The Balaban J connectivity index is 1.61. The molecule has 23 heavy (non-hydrogen) atoms. The Kier molecular flexibility index (Phi) is 5.23. The summed E-state index contributed by atoms with van der Waals surface area (Å²) in [5, 5.41) is 2.53.